The van der Waals surface area contributed by atoms with E-state index in [4.69, 9.17) is 5.73 Å². The van der Waals surface area contributed by atoms with E-state index in [9.17, 15) is 0 Å². The van der Waals surface area contributed by atoms with Crippen molar-refractivity contribution in [3.05, 3.63) is 11.4 Å². The van der Waals surface area contributed by atoms with Gasteiger partial charge in [0.15, 0.2) is 0 Å². The first-order valence-electron chi connectivity index (χ1n) is 5.60. The van der Waals surface area contributed by atoms with E-state index >= 15 is 0 Å². The molecule has 0 atom stereocenters. The Morgan fingerprint density at radius 3 is 2.53 bits per heavy atom. The second-order valence-corrected chi connectivity index (χ2v) is 4.02. The number of nitrogen functional groups attached to an aromatic ring is 1. The van der Waals surface area contributed by atoms with Crippen LogP contribution in [0.25, 0.3) is 0 Å². The van der Waals surface area contributed by atoms with Crippen molar-refractivity contribution >= 4 is 11.6 Å². The first-order chi connectivity index (χ1) is 7.22. The van der Waals surface area contributed by atoms with Crippen molar-refractivity contribution in [3.63, 3.8) is 0 Å². The van der Waals surface area contributed by atoms with Crippen LogP contribution in [-0.4, -0.2) is 23.1 Å². The number of hydrogen-bond donors (Lipinski definition) is 1. The number of nitrogens with zero attached hydrogens (tertiary/aromatic N) is 3. The molecule has 0 aromatic carbocycles. The molecule has 82 valence electrons. The van der Waals surface area contributed by atoms with Crippen molar-refractivity contribution in [2.75, 3.05) is 23.7 Å². The summed E-state index contributed by atoms with van der Waals surface area (Å²) in [7, 11) is 0. The fourth-order valence-electron chi connectivity index (χ4n) is 1.96. The van der Waals surface area contributed by atoms with Gasteiger partial charge in [-0.3, -0.25) is 0 Å². The molecule has 4 nitrogen and oxygen atoms in total. The Balaban J connectivity index is 2.39. The predicted molar refractivity (Wildman–Crippen MR) is 62.0 cm³/mol. The molecule has 2 rings (SSSR count). The van der Waals surface area contributed by atoms with E-state index < -0.39 is 0 Å². The van der Waals surface area contributed by atoms with Gasteiger partial charge in [-0.05, 0) is 19.8 Å². The molecule has 1 aliphatic heterocycles. The third kappa shape index (κ3) is 1.89. The molecule has 1 saturated heterocycles. The van der Waals surface area contributed by atoms with Gasteiger partial charge in [-0.2, -0.15) is 0 Å². The van der Waals surface area contributed by atoms with E-state index in [-0.39, 0.29) is 0 Å². The van der Waals surface area contributed by atoms with Crippen molar-refractivity contribution in [1.29, 1.82) is 0 Å². The molecule has 0 unspecified atom stereocenters. The fraction of sp³-hybridized carbons (Fsp3) is 0.636. The Morgan fingerprint density at radius 2 is 1.93 bits per heavy atom. The lowest BCUT2D eigenvalue weighted by molar-refractivity contribution is 0.872. The van der Waals surface area contributed by atoms with Gasteiger partial charge in [-0.1, -0.05) is 6.92 Å². The molecule has 0 bridgehead atoms. The smallest absolute Gasteiger partial charge is 0.137 e. The molecule has 4 heteroatoms. The summed E-state index contributed by atoms with van der Waals surface area (Å²) in [4.78, 5) is 11.1. The van der Waals surface area contributed by atoms with Gasteiger partial charge >= 0.3 is 0 Å². The second kappa shape index (κ2) is 4.04. The number of aromatic nitrogens is 2. The zero-order valence-corrected chi connectivity index (χ0v) is 9.45. The fourth-order valence-corrected chi connectivity index (χ4v) is 1.96. The van der Waals surface area contributed by atoms with Gasteiger partial charge in [0.2, 0.25) is 0 Å². The lowest BCUT2D eigenvalue weighted by Crippen LogP contribution is -2.22. The lowest BCUT2D eigenvalue weighted by Gasteiger charge is -2.19. The number of hydrogen-bond acceptors (Lipinski definition) is 4. The number of aryl methyl sites for hydroxylation is 1. The van der Waals surface area contributed by atoms with Crippen LogP contribution in [0.5, 0.6) is 0 Å². The Morgan fingerprint density at radius 1 is 1.27 bits per heavy atom. The highest BCUT2D eigenvalue weighted by Crippen LogP contribution is 2.24. The number of nitrogens with two attached hydrogens (primary N) is 1. The van der Waals surface area contributed by atoms with Crippen LogP contribution < -0.4 is 10.6 Å². The Kier molecular flexibility index (Phi) is 2.75. The summed E-state index contributed by atoms with van der Waals surface area (Å²) in [6, 6.07) is 0. The van der Waals surface area contributed by atoms with Gasteiger partial charge in [-0.25, -0.2) is 9.97 Å². The highest BCUT2D eigenvalue weighted by molar-refractivity contribution is 5.56. The Bertz CT molecular complexity index is 356. The average molecular weight is 206 g/mol. The summed E-state index contributed by atoms with van der Waals surface area (Å²) in [6.07, 6.45) is 3.35. The van der Waals surface area contributed by atoms with Crippen LogP contribution in [0.1, 0.15) is 31.2 Å². The van der Waals surface area contributed by atoms with Crippen LogP contribution in [0.3, 0.4) is 0 Å². The highest BCUT2D eigenvalue weighted by Gasteiger charge is 2.18. The van der Waals surface area contributed by atoms with E-state index in [0.29, 0.717) is 5.82 Å². The molecule has 2 heterocycles. The van der Waals surface area contributed by atoms with E-state index in [0.717, 1.165) is 36.7 Å². The second-order valence-electron chi connectivity index (χ2n) is 4.02. The van der Waals surface area contributed by atoms with Gasteiger partial charge in [0.25, 0.3) is 0 Å². The largest absolute Gasteiger partial charge is 0.383 e. The lowest BCUT2D eigenvalue weighted by atomic mass is 10.3. The molecular formula is C11H18N4. The first-order valence-corrected chi connectivity index (χ1v) is 5.60. The Labute approximate surface area is 90.5 Å². The van der Waals surface area contributed by atoms with Gasteiger partial charge < -0.3 is 10.6 Å². The molecule has 1 aromatic rings. The maximum atomic E-state index is 5.89. The quantitative estimate of drug-likeness (QED) is 0.797. The summed E-state index contributed by atoms with van der Waals surface area (Å²) in [5.74, 6) is 2.51. The topological polar surface area (TPSA) is 55.0 Å². The van der Waals surface area contributed by atoms with Crippen LogP contribution in [0.4, 0.5) is 11.6 Å². The van der Waals surface area contributed by atoms with Crippen LogP contribution in [0.2, 0.25) is 0 Å². The van der Waals surface area contributed by atoms with Crippen molar-refractivity contribution in [2.45, 2.75) is 33.1 Å². The monoisotopic (exact) mass is 206 g/mol. The van der Waals surface area contributed by atoms with E-state index in [2.05, 4.69) is 21.8 Å². The van der Waals surface area contributed by atoms with Crippen molar-refractivity contribution in [1.82, 2.24) is 9.97 Å². The maximum Gasteiger partial charge on any atom is 0.137 e. The van der Waals surface area contributed by atoms with Crippen LogP contribution in [0, 0.1) is 6.92 Å². The maximum absolute atomic E-state index is 5.89. The predicted octanol–water partition coefficient (Wildman–Crippen LogP) is 1.53. The molecular weight excluding hydrogens is 188 g/mol. The van der Waals surface area contributed by atoms with E-state index in [1.807, 2.05) is 6.92 Å². The average Bonchev–Trinajstić information content (AvgIpc) is 2.75. The normalized spacial score (nSPS) is 16.0. The molecule has 0 aliphatic carbocycles. The molecule has 1 fully saturated rings. The van der Waals surface area contributed by atoms with Gasteiger partial charge in [0.1, 0.15) is 17.5 Å². The molecule has 0 saturated carbocycles. The summed E-state index contributed by atoms with van der Waals surface area (Å²) < 4.78 is 0. The van der Waals surface area contributed by atoms with Crippen LogP contribution >= 0.6 is 0 Å². The summed E-state index contributed by atoms with van der Waals surface area (Å²) >= 11 is 0. The minimum absolute atomic E-state index is 0.628. The summed E-state index contributed by atoms with van der Waals surface area (Å²) in [6.45, 7) is 6.25. The third-order valence-electron chi connectivity index (χ3n) is 2.93. The third-order valence-corrected chi connectivity index (χ3v) is 2.93. The van der Waals surface area contributed by atoms with Gasteiger partial charge in [-0.15, -0.1) is 0 Å². The zero-order valence-electron chi connectivity index (χ0n) is 9.45. The molecule has 0 spiro atoms. The summed E-state index contributed by atoms with van der Waals surface area (Å²) in [5.41, 5.74) is 6.91. The zero-order chi connectivity index (χ0) is 10.8. The standard InChI is InChI=1S/C11H18N4/c1-3-9-13-10(12)8(2)11(14-9)15-6-4-5-7-15/h3-7H2,1-2H3,(H2,12,13,14). The number of anilines is 2. The van der Waals surface area contributed by atoms with Gasteiger partial charge in [0.05, 0.1) is 0 Å². The first kappa shape index (κ1) is 10.2. The number of rotatable bonds is 2. The molecule has 1 aromatic heterocycles. The van der Waals surface area contributed by atoms with Crippen LogP contribution in [-0.2, 0) is 6.42 Å². The minimum atomic E-state index is 0.628. The minimum Gasteiger partial charge on any atom is -0.383 e. The summed E-state index contributed by atoms with van der Waals surface area (Å²) in [5, 5.41) is 0. The molecule has 0 radical (unpaired) electrons. The van der Waals surface area contributed by atoms with Crippen molar-refractivity contribution in [2.24, 2.45) is 0 Å². The van der Waals surface area contributed by atoms with Crippen molar-refractivity contribution in [3.8, 4) is 0 Å². The van der Waals surface area contributed by atoms with E-state index in [1.54, 1.807) is 0 Å². The molecule has 0 amide bonds. The SMILES string of the molecule is CCc1nc(N)c(C)c(N2CCCC2)n1. The van der Waals surface area contributed by atoms with Gasteiger partial charge in [0, 0.05) is 25.1 Å². The van der Waals surface area contributed by atoms with Crippen LogP contribution in [0.15, 0.2) is 0 Å². The Hall–Kier alpha value is -1.32. The highest BCUT2D eigenvalue weighted by atomic mass is 15.2. The molecule has 2 N–H and O–H groups in total. The van der Waals surface area contributed by atoms with Crippen molar-refractivity contribution < 1.29 is 0 Å². The molecule has 1 aliphatic rings. The molecule has 15 heavy (non-hydrogen) atoms. The van der Waals surface area contributed by atoms with E-state index in [1.165, 1.54) is 12.8 Å².